The van der Waals surface area contributed by atoms with E-state index in [1.807, 2.05) is 0 Å². The van der Waals surface area contributed by atoms with E-state index in [-0.39, 0.29) is 6.54 Å². The molecule has 0 aliphatic carbocycles. The third-order valence-electron chi connectivity index (χ3n) is 2.49. The van der Waals surface area contributed by atoms with Crippen molar-refractivity contribution in [2.75, 3.05) is 13.7 Å². The van der Waals surface area contributed by atoms with Crippen LogP contribution in [0.1, 0.15) is 17.2 Å². The molecule has 0 bridgehead atoms. The van der Waals surface area contributed by atoms with Gasteiger partial charge in [-0.15, -0.1) is 0 Å². The number of aliphatic hydroxyl groups is 2. The van der Waals surface area contributed by atoms with Crippen molar-refractivity contribution in [1.82, 2.24) is 0 Å². The van der Waals surface area contributed by atoms with Gasteiger partial charge in [0, 0.05) is 4.91 Å². The summed E-state index contributed by atoms with van der Waals surface area (Å²) in [6.45, 7) is 1.64. The molecule has 6 heteroatoms. The zero-order valence-corrected chi connectivity index (χ0v) is 9.74. The van der Waals surface area contributed by atoms with Crippen molar-refractivity contribution in [3.63, 3.8) is 0 Å². The van der Waals surface area contributed by atoms with Crippen molar-refractivity contribution >= 4 is 0 Å². The van der Waals surface area contributed by atoms with E-state index in [4.69, 9.17) is 10.3 Å². The number of hydrogen-bond acceptors (Lipinski definition) is 4. The van der Waals surface area contributed by atoms with Gasteiger partial charge >= 0.3 is 0 Å². The van der Waals surface area contributed by atoms with Crippen LogP contribution in [0.2, 0.25) is 0 Å². The molecule has 92 valence electrons. The lowest BCUT2D eigenvalue weighted by Gasteiger charge is -2.18. The van der Waals surface area contributed by atoms with Crippen LogP contribution in [0.15, 0.2) is 23.3 Å². The van der Waals surface area contributed by atoms with Crippen LogP contribution in [0.5, 0.6) is 5.75 Å². The molecule has 0 spiro atoms. The number of ether oxygens (including phenoxy) is 1. The average Bonchev–Trinajstić information content (AvgIpc) is 2.34. The van der Waals surface area contributed by atoms with Crippen molar-refractivity contribution in [3.05, 3.63) is 39.8 Å². The summed E-state index contributed by atoms with van der Waals surface area (Å²) in [4.78, 5) is 2.54. The summed E-state index contributed by atoms with van der Waals surface area (Å²) in [6.07, 6.45) is -2.19. The van der Waals surface area contributed by atoms with Gasteiger partial charge in [0.1, 0.15) is 11.9 Å². The smallest absolute Gasteiger partial charge is 0.119 e. The fourth-order valence-corrected chi connectivity index (χ4v) is 1.53. The van der Waals surface area contributed by atoms with Crippen LogP contribution < -0.4 is 4.74 Å². The molecule has 2 atom stereocenters. The van der Waals surface area contributed by atoms with E-state index >= 15 is 0 Å². The first-order valence-electron chi connectivity index (χ1n) is 5.11. The van der Waals surface area contributed by atoms with Crippen LogP contribution in [-0.2, 0) is 0 Å². The molecule has 6 nitrogen and oxygen atoms in total. The first kappa shape index (κ1) is 13.3. The summed E-state index contributed by atoms with van der Waals surface area (Å²) in [6, 6.07) is 5.14. The van der Waals surface area contributed by atoms with Crippen molar-refractivity contribution in [2.24, 2.45) is 5.11 Å². The predicted octanol–water partition coefficient (Wildman–Crippen LogP) is 1.71. The first-order chi connectivity index (χ1) is 8.10. The quantitative estimate of drug-likeness (QED) is 0.463. The Morgan fingerprint density at radius 2 is 2.18 bits per heavy atom. The number of nitrogens with zero attached hydrogens (tertiary/aromatic N) is 3. The largest absolute Gasteiger partial charge is 0.497 e. The van der Waals surface area contributed by atoms with Gasteiger partial charge in [-0.2, -0.15) is 0 Å². The Hall–Kier alpha value is -1.75. The Bertz CT molecular complexity index is 430. The van der Waals surface area contributed by atoms with Gasteiger partial charge < -0.3 is 14.9 Å². The van der Waals surface area contributed by atoms with E-state index in [1.54, 1.807) is 32.2 Å². The number of aryl methyl sites for hydroxylation is 1. The molecule has 1 aromatic carbocycles. The maximum atomic E-state index is 9.89. The molecule has 0 amide bonds. The number of hydrogen-bond donors (Lipinski definition) is 2. The van der Waals surface area contributed by atoms with Gasteiger partial charge in [-0.3, -0.25) is 0 Å². The number of rotatable bonds is 5. The van der Waals surface area contributed by atoms with Crippen molar-refractivity contribution < 1.29 is 14.9 Å². The topological polar surface area (TPSA) is 98.5 Å². The van der Waals surface area contributed by atoms with Crippen LogP contribution in [0.4, 0.5) is 0 Å². The van der Waals surface area contributed by atoms with Gasteiger partial charge in [0.05, 0.1) is 19.8 Å². The summed E-state index contributed by atoms with van der Waals surface area (Å²) in [5.74, 6) is 0.683. The van der Waals surface area contributed by atoms with Crippen LogP contribution in [0, 0.1) is 6.92 Å². The van der Waals surface area contributed by atoms with Gasteiger partial charge in [0.15, 0.2) is 0 Å². The van der Waals surface area contributed by atoms with E-state index in [9.17, 15) is 10.2 Å². The van der Waals surface area contributed by atoms with Gasteiger partial charge in [0.2, 0.25) is 0 Å². The zero-order valence-electron chi connectivity index (χ0n) is 9.74. The molecule has 0 fully saturated rings. The molecule has 1 aromatic rings. The summed E-state index contributed by atoms with van der Waals surface area (Å²) in [7, 11) is 1.56. The standard InChI is InChI=1S/C11H15N3O3/c1-7-5-8(17-2)3-4-9(7)11(16)10(15)6-13-14-12/h3-5,10-11,15-16H,6H2,1-2H3. The monoisotopic (exact) mass is 237 g/mol. The Balaban J connectivity index is 2.88. The summed E-state index contributed by atoms with van der Waals surface area (Å²) < 4.78 is 5.04. The second kappa shape index (κ2) is 6.10. The molecule has 0 radical (unpaired) electrons. The third-order valence-corrected chi connectivity index (χ3v) is 2.49. The van der Waals surface area contributed by atoms with E-state index in [0.29, 0.717) is 11.3 Å². The fourth-order valence-electron chi connectivity index (χ4n) is 1.53. The minimum absolute atomic E-state index is 0.164. The van der Waals surface area contributed by atoms with Gasteiger partial charge in [-0.25, -0.2) is 0 Å². The second-order valence-corrected chi connectivity index (χ2v) is 3.65. The molecular weight excluding hydrogens is 222 g/mol. The number of benzene rings is 1. The van der Waals surface area contributed by atoms with Crippen LogP contribution >= 0.6 is 0 Å². The molecular formula is C11H15N3O3. The highest BCUT2D eigenvalue weighted by Crippen LogP contribution is 2.24. The molecule has 0 aliphatic heterocycles. The third kappa shape index (κ3) is 3.35. The summed E-state index contributed by atoms with van der Waals surface area (Å²) in [5.41, 5.74) is 9.53. The molecule has 0 saturated heterocycles. The van der Waals surface area contributed by atoms with Crippen molar-refractivity contribution in [2.45, 2.75) is 19.1 Å². The maximum absolute atomic E-state index is 9.89. The zero-order chi connectivity index (χ0) is 12.8. The minimum Gasteiger partial charge on any atom is -0.497 e. The highest BCUT2D eigenvalue weighted by Gasteiger charge is 2.19. The molecule has 0 heterocycles. The average molecular weight is 237 g/mol. The lowest BCUT2D eigenvalue weighted by molar-refractivity contribution is 0.0240. The molecule has 17 heavy (non-hydrogen) atoms. The molecule has 2 unspecified atom stereocenters. The number of methoxy groups -OCH3 is 1. The van der Waals surface area contributed by atoms with Crippen molar-refractivity contribution in [1.29, 1.82) is 0 Å². The highest BCUT2D eigenvalue weighted by molar-refractivity contribution is 5.36. The van der Waals surface area contributed by atoms with Crippen LogP contribution in [-0.4, -0.2) is 30.0 Å². The summed E-state index contributed by atoms with van der Waals surface area (Å²) >= 11 is 0. The molecule has 0 saturated carbocycles. The Morgan fingerprint density at radius 1 is 1.47 bits per heavy atom. The molecule has 2 N–H and O–H groups in total. The Kier molecular flexibility index (Phi) is 4.78. The van der Waals surface area contributed by atoms with Crippen molar-refractivity contribution in [3.8, 4) is 5.75 Å². The Morgan fingerprint density at radius 3 is 2.71 bits per heavy atom. The molecule has 0 aliphatic rings. The van der Waals surface area contributed by atoms with E-state index in [0.717, 1.165) is 5.56 Å². The van der Waals surface area contributed by atoms with Crippen LogP contribution in [0.3, 0.4) is 0 Å². The number of aliphatic hydroxyl groups excluding tert-OH is 2. The Labute approximate surface area is 99.1 Å². The second-order valence-electron chi connectivity index (χ2n) is 3.65. The SMILES string of the molecule is COc1ccc(C(O)C(O)CN=[N+]=[N-])c(C)c1. The van der Waals surface area contributed by atoms with Gasteiger partial charge in [-0.1, -0.05) is 11.2 Å². The number of azide groups is 1. The minimum atomic E-state index is -1.11. The summed E-state index contributed by atoms with van der Waals surface area (Å²) in [5, 5.41) is 22.7. The van der Waals surface area contributed by atoms with Gasteiger partial charge in [0.25, 0.3) is 0 Å². The van der Waals surface area contributed by atoms with E-state index < -0.39 is 12.2 Å². The lowest BCUT2D eigenvalue weighted by Crippen LogP contribution is -2.21. The van der Waals surface area contributed by atoms with Gasteiger partial charge in [-0.05, 0) is 35.7 Å². The van der Waals surface area contributed by atoms with E-state index in [2.05, 4.69) is 10.0 Å². The highest BCUT2D eigenvalue weighted by atomic mass is 16.5. The first-order valence-corrected chi connectivity index (χ1v) is 5.11. The normalized spacial score (nSPS) is 13.6. The maximum Gasteiger partial charge on any atom is 0.119 e. The predicted molar refractivity (Wildman–Crippen MR) is 62.7 cm³/mol. The fraction of sp³-hybridized carbons (Fsp3) is 0.455. The molecule has 0 aromatic heterocycles. The van der Waals surface area contributed by atoms with Crippen LogP contribution in [0.25, 0.3) is 10.4 Å². The lowest BCUT2D eigenvalue weighted by atomic mass is 9.99. The van der Waals surface area contributed by atoms with E-state index in [1.165, 1.54) is 0 Å². The molecule has 1 rings (SSSR count).